The van der Waals surface area contributed by atoms with Gasteiger partial charge in [0.25, 0.3) is 0 Å². The van der Waals surface area contributed by atoms with Crippen LogP contribution in [0, 0.1) is 6.92 Å². The lowest BCUT2D eigenvalue weighted by atomic mass is 10.0. The molecular weight excluding hydrogens is 236 g/mol. The van der Waals surface area contributed by atoms with Gasteiger partial charge < -0.3 is 0 Å². The van der Waals surface area contributed by atoms with E-state index < -0.39 is 0 Å². The van der Waals surface area contributed by atoms with Gasteiger partial charge in [0.2, 0.25) is 0 Å². The van der Waals surface area contributed by atoms with Crippen molar-refractivity contribution in [2.75, 3.05) is 0 Å². The second-order valence-corrected chi connectivity index (χ2v) is 4.47. The van der Waals surface area contributed by atoms with Crippen molar-refractivity contribution in [1.29, 1.82) is 0 Å². The highest BCUT2D eigenvalue weighted by Gasteiger charge is 2.13. The summed E-state index contributed by atoms with van der Waals surface area (Å²) in [6, 6.07) is 15.1. The van der Waals surface area contributed by atoms with Crippen molar-refractivity contribution in [3.05, 3.63) is 71.4 Å². The molecule has 3 rings (SSSR count). The lowest BCUT2D eigenvalue weighted by Crippen LogP contribution is -2.03. The number of hydrogen-bond acceptors (Lipinski definition) is 3. The molecule has 3 heteroatoms. The number of fused-ring (bicyclic) bond motifs is 1. The van der Waals surface area contributed by atoms with Crippen molar-refractivity contribution in [3.63, 3.8) is 0 Å². The van der Waals surface area contributed by atoms with Crippen LogP contribution < -0.4 is 0 Å². The lowest BCUT2D eigenvalue weighted by Gasteiger charge is -2.04. The van der Waals surface area contributed by atoms with Crippen molar-refractivity contribution in [3.8, 4) is 0 Å². The number of aromatic nitrogens is 2. The average molecular weight is 248 g/mol. The molecule has 0 aliphatic rings. The van der Waals surface area contributed by atoms with Crippen LogP contribution in [-0.4, -0.2) is 16.0 Å². The first-order chi connectivity index (χ1) is 9.25. The van der Waals surface area contributed by atoms with E-state index in [4.69, 9.17) is 0 Å². The largest absolute Gasteiger partial charge is 0.289 e. The number of ketones is 1. The highest BCUT2D eigenvalue weighted by molar-refractivity contribution is 6.15. The van der Waals surface area contributed by atoms with E-state index in [-0.39, 0.29) is 5.78 Å². The van der Waals surface area contributed by atoms with Gasteiger partial charge in [-0.05, 0) is 13.0 Å². The lowest BCUT2D eigenvalue weighted by molar-refractivity contribution is 0.104. The van der Waals surface area contributed by atoms with Crippen molar-refractivity contribution in [1.82, 2.24) is 10.2 Å². The number of benzene rings is 2. The minimum Gasteiger partial charge on any atom is -0.289 e. The Hall–Kier alpha value is -2.55. The second-order valence-electron chi connectivity index (χ2n) is 4.47. The molecule has 2 aromatic carbocycles. The fourth-order valence-corrected chi connectivity index (χ4v) is 2.05. The summed E-state index contributed by atoms with van der Waals surface area (Å²) in [4.78, 5) is 12.5. The average Bonchev–Trinajstić information content (AvgIpc) is 2.47. The van der Waals surface area contributed by atoms with Gasteiger partial charge in [-0.2, -0.15) is 10.2 Å². The summed E-state index contributed by atoms with van der Waals surface area (Å²) in [7, 11) is 0. The summed E-state index contributed by atoms with van der Waals surface area (Å²) in [5, 5.41) is 8.77. The molecule has 0 aliphatic carbocycles. The maximum Gasteiger partial charge on any atom is 0.195 e. The Labute approximate surface area is 110 Å². The van der Waals surface area contributed by atoms with E-state index in [0.717, 1.165) is 16.5 Å². The zero-order valence-corrected chi connectivity index (χ0v) is 10.5. The van der Waals surface area contributed by atoms with E-state index in [1.807, 2.05) is 55.5 Å². The summed E-state index contributed by atoms with van der Waals surface area (Å²) in [5.74, 6) is -0.0221. The summed E-state index contributed by atoms with van der Waals surface area (Å²) in [5.41, 5.74) is 3.13. The zero-order valence-electron chi connectivity index (χ0n) is 10.5. The number of nitrogens with zero attached hydrogens (tertiary/aromatic N) is 2. The Morgan fingerprint density at radius 3 is 2.53 bits per heavy atom. The number of rotatable bonds is 2. The second kappa shape index (κ2) is 4.61. The van der Waals surface area contributed by atoms with Crippen molar-refractivity contribution >= 4 is 16.7 Å². The quantitative estimate of drug-likeness (QED) is 0.654. The van der Waals surface area contributed by atoms with E-state index in [9.17, 15) is 4.79 Å². The Morgan fingerprint density at radius 2 is 1.74 bits per heavy atom. The predicted octanol–water partition coefficient (Wildman–Crippen LogP) is 3.17. The van der Waals surface area contributed by atoms with E-state index >= 15 is 0 Å². The predicted molar refractivity (Wildman–Crippen MR) is 74.1 cm³/mol. The highest BCUT2D eigenvalue weighted by Crippen LogP contribution is 2.18. The van der Waals surface area contributed by atoms with Crippen LogP contribution in [-0.2, 0) is 0 Å². The van der Waals surface area contributed by atoms with E-state index in [0.29, 0.717) is 11.1 Å². The zero-order chi connectivity index (χ0) is 13.2. The summed E-state index contributed by atoms with van der Waals surface area (Å²) < 4.78 is 0. The molecule has 1 aromatic heterocycles. The molecule has 19 heavy (non-hydrogen) atoms. The first-order valence-electron chi connectivity index (χ1n) is 6.07. The maximum atomic E-state index is 12.5. The van der Waals surface area contributed by atoms with Crippen LogP contribution >= 0.6 is 0 Å². The summed E-state index contributed by atoms with van der Waals surface area (Å²) in [6.45, 7) is 2.00. The first kappa shape index (κ1) is 11.5. The number of aryl methyl sites for hydroxylation is 1. The van der Waals surface area contributed by atoms with Gasteiger partial charge in [-0.3, -0.25) is 4.79 Å². The first-order valence-corrected chi connectivity index (χ1v) is 6.07. The smallest absolute Gasteiger partial charge is 0.195 e. The Morgan fingerprint density at radius 1 is 1.00 bits per heavy atom. The number of carbonyl (C=O) groups is 1. The fraction of sp³-hybridized carbons (Fsp3) is 0.0625. The molecule has 0 unspecified atom stereocenters. The molecule has 3 aromatic rings. The van der Waals surface area contributed by atoms with Gasteiger partial charge in [0, 0.05) is 10.9 Å². The summed E-state index contributed by atoms with van der Waals surface area (Å²) >= 11 is 0. The summed E-state index contributed by atoms with van der Waals surface area (Å²) in [6.07, 6.45) is 1.53. The molecule has 0 aliphatic heterocycles. The standard InChI is InChI=1S/C16H12N2O/c1-11-6-8-12(9-7-11)16(19)14-10-17-18-15-5-3-2-4-13(14)15/h2-10H,1H3. The van der Waals surface area contributed by atoms with Crippen LogP contribution in [0.3, 0.4) is 0 Å². The van der Waals surface area contributed by atoms with E-state index in [2.05, 4.69) is 10.2 Å². The Kier molecular flexibility index (Phi) is 2.80. The van der Waals surface area contributed by atoms with Crippen LogP contribution in [0.1, 0.15) is 21.5 Å². The Bertz CT molecular complexity index is 743. The van der Waals surface area contributed by atoms with Gasteiger partial charge in [-0.25, -0.2) is 0 Å². The third-order valence-electron chi connectivity index (χ3n) is 3.10. The molecule has 0 radical (unpaired) electrons. The molecular formula is C16H12N2O. The monoisotopic (exact) mass is 248 g/mol. The van der Waals surface area contributed by atoms with Crippen LogP contribution in [0.2, 0.25) is 0 Å². The van der Waals surface area contributed by atoms with Gasteiger partial charge in [0.15, 0.2) is 5.78 Å². The molecule has 0 spiro atoms. The minimum atomic E-state index is -0.0221. The minimum absolute atomic E-state index is 0.0221. The third-order valence-corrected chi connectivity index (χ3v) is 3.10. The highest BCUT2D eigenvalue weighted by atomic mass is 16.1. The molecule has 92 valence electrons. The molecule has 0 fully saturated rings. The topological polar surface area (TPSA) is 42.9 Å². The molecule has 0 N–H and O–H groups in total. The van der Waals surface area contributed by atoms with Crippen molar-refractivity contribution in [2.45, 2.75) is 6.92 Å². The number of carbonyl (C=O) groups excluding carboxylic acids is 1. The molecule has 0 saturated heterocycles. The van der Waals surface area contributed by atoms with Crippen LogP contribution in [0.25, 0.3) is 10.9 Å². The van der Waals surface area contributed by atoms with Gasteiger partial charge in [0.1, 0.15) is 0 Å². The van der Waals surface area contributed by atoms with Gasteiger partial charge in [-0.1, -0.05) is 48.0 Å². The third kappa shape index (κ3) is 2.10. The van der Waals surface area contributed by atoms with Crippen LogP contribution in [0.4, 0.5) is 0 Å². The SMILES string of the molecule is Cc1ccc(C(=O)c2cnnc3ccccc23)cc1. The molecule has 3 nitrogen and oxygen atoms in total. The number of hydrogen-bond donors (Lipinski definition) is 0. The van der Waals surface area contributed by atoms with E-state index in [1.54, 1.807) is 0 Å². The van der Waals surface area contributed by atoms with Crippen molar-refractivity contribution < 1.29 is 4.79 Å². The van der Waals surface area contributed by atoms with Gasteiger partial charge in [-0.15, -0.1) is 0 Å². The molecule has 1 heterocycles. The van der Waals surface area contributed by atoms with Crippen LogP contribution in [0.5, 0.6) is 0 Å². The maximum absolute atomic E-state index is 12.5. The molecule has 0 atom stereocenters. The molecule has 0 amide bonds. The van der Waals surface area contributed by atoms with Gasteiger partial charge >= 0.3 is 0 Å². The molecule has 0 saturated carbocycles. The molecule has 0 bridgehead atoms. The van der Waals surface area contributed by atoms with Crippen LogP contribution in [0.15, 0.2) is 54.7 Å². The normalized spacial score (nSPS) is 10.6. The van der Waals surface area contributed by atoms with Crippen molar-refractivity contribution in [2.24, 2.45) is 0 Å². The Balaban J connectivity index is 2.14. The van der Waals surface area contributed by atoms with E-state index in [1.165, 1.54) is 6.20 Å². The van der Waals surface area contributed by atoms with Gasteiger partial charge in [0.05, 0.1) is 17.3 Å². The fourth-order valence-electron chi connectivity index (χ4n) is 2.05.